The normalized spacial score (nSPS) is 20.5. The lowest BCUT2D eigenvalue weighted by Gasteiger charge is -2.38. The van der Waals surface area contributed by atoms with Crippen molar-refractivity contribution in [3.8, 4) is 0 Å². The molecule has 1 rings (SSSR count). The summed E-state index contributed by atoms with van der Waals surface area (Å²) in [6, 6.07) is 1.09. The first kappa shape index (κ1) is 14.4. The fourth-order valence-electron chi connectivity index (χ4n) is 2.38. The van der Waals surface area contributed by atoms with Gasteiger partial charge in [0.2, 0.25) is 5.91 Å². The van der Waals surface area contributed by atoms with Crippen LogP contribution in [0.1, 0.15) is 32.6 Å². The van der Waals surface area contributed by atoms with Gasteiger partial charge in [0.25, 0.3) is 0 Å². The maximum atomic E-state index is 11.1. The molecule has 0 aromatic heterocycles. The average Bonchev–Trinajstić information content (AvgIpc) is 2.35. The predicted molar refractivity (Wildman–Crippen MR) is 69.3 cm³/mol. The van der Waals surface area contributed by atoms with Gasteiger partial charge < -0.3 is 9.80 Å². The summed E-state index contributed by atoms with van der Waals surface area (Å²) in [6.07, 6.45) is 3.82. The lowest BCUT2D eigenvalue weighted by molar-refractivity contribution is -0.121. The molecule has 0 aromatic carbocycles. The highest BCUT2D eigenvalue weighted by molar-refractivity contribution is 5.75. The Morgan fingerprint density at radius 3 is 2.65 bits per heavy atom. The number of piperidine rings is 1. The Morgan fingerprint density at radius 2 is 2.12 bits per heavy atom. The Bertz CT molecular complexity index is 239. The SMILES string of the molecule is CC(CCC(=O)NN)N(C)C1CCN(C)CC1. The third-order valence-electron chi connectivity index (χ3n) is 3.91. The molecule has 1 fully saturated rings. The van der Waals surface area contributed by atoms with E-state index >= 15 is 0 Å². The van der Waals surface area contributed by atoms with Gasteiger partial charge in [-0.2, -0.15) is 0 Å². The number of likely N-dealkylation sites (tertiary alicyclic amines) is 1. The Labute approximate surface area is 104 Å². The molecule has 17 heavy (non-hydrogen) atoms. The third-order valence-corrected chi connectivity index (χ3v) is 3.91. The standard InChI is InChI=1S/C12H26N4O/c1-10(4-5-12(17)14-13)16(3)11-6-8-15(2)9-7-11/h10-11H,4-9,13H2,1-3H3,(H,14,17). The number of nitrogens with zero attached hydrogens (tertiary/aromatic N) is 2. The number of hydrazine groups is 1. The lowest BCUT2D eigenvalue weighted by atomic mass is 10.0. The number of hydrogen-bond acceptors (Lipinski definition) is 4. The molecule has 1 unspecified atom stereocenters. The molecule has 1 heterocycles. The van der Waals surface area contributed by atoms with Gasteiger partial charge in [0, 0.05) is 18.5 Å². The van der Waals surface area contributed by atoms with Crippen molar-refractivity contribution in [2.24, 2.45) is 5.84 Å². The summed E-state index contributed by atoms with van der Waals surface area (Å²) < 4.78 is 0. The first-order chi connectivity index (χ1) is 8.04. The van der Waals surface area contributed by atoms with E-state index in [-0.39, 0.29) is 5.91 Å². The fourth-order valence-corrected chi connectivity index (χ4v) is 2.38. The number of carbonyl (C=O) groups excluding carboxylic acids is 1. The molecule has 3 N–H and O–H groups in total. The first-order valence-electron chi connectivity index (χ1n) is 6.44. The molecular formula is C12H26N4O. The van der Waals surface area contributed by atoms with Crippen molar-refractivity contribution >= 4 is 5.91 Å². The Balaban J connectivity index is 2.30. The number of rotatable bonds is 5. The topological polar surface area (TPSA) is 61.6 Å². The molecule has 1 aliphatic heterocycles. The van der Waals surface area contributed by atoms with Crippen molar-refractivity contribution in [1.29, 1.82) is 0 Å². The zero-order chi connectivity index (χ0) is 12.8. The monoisotopic (exact) mass is 242 g/mol. The molecule has 5 nitrogen and oxygen atoms in total. The summed E-state index contributed by atoms with van der Waals surface area (Å²) in [5.41, 5.74) is 2.18. The second-order valence-electron chi connectivity index (χ2n) is 5.16. The van der Waals surface area contributed by atoms with E-state index in [0.717, 1.165) is 6.42 Å². The molecule has 1 aliphatic rings. The van der Waals surface area contributed by atoms with Gasteiger partial charge in [0.15, 0.2) is 0 Å². The summed E-state index contributed by atoms with van der Waals surface area (Å²) in [6.45, 7) is 4.53. The minimum Gasteiger partial charge on any atom is -0.306 e. The Kier molecular flexibility index (Phi) is 5.88. The zero-order valence-electron chi connectivity index (χ0n) is 11.3. The van der Waals surface area contributed by atoms with Gasteiger partial charge in [-0.25, -0.2) is 5.84 Å². The number of nitrogens with two attached hydrogens (primary N) is 1. The summed E-state index contributed by atoms with van der Waals surface area (Å²) in [5.74, 6) is 5.00. The Morgan fingerprint density at radius 1 is 1.53 bits per heavy atom. The second kappa shape index (κ2) is 6.93. The van der Waals surface area contributed by atoms with E-state index in [1.54, 1.807) is 0 Å². The zero-order valence-corrected chi connectivity index (χ0v) is 11.3. The van der Waals surface area contributed by atoms with Crippen LogP contribution < -0.4 is 11.3 Å². The van der Waals surface area contributed by atoms with E-state index in [2.05, 4.69) is 36.2 Å². The summed E-state index contributed by atoms with van der Waals surface area (Å²) in [5, 5.41) is 0. The van der Waals surface area contributed by atoms with Crippen LogP contribution in [0.5, 0.6) is 0 Å². The van der Waals surface area contributed by atoms with Crippen LogP contribution in [0.4, 0.5) is 0 Å². The van der Waals surface area contributed by atoms with Gasteiger partial charge in [0.1, 0.15) is 0 Å². The van der Waals surface area contributed by atoms with Crippen LogP contribution in [0.15, 0.2) is 0 Å². The Hall–Kier alpha value is -0.650. The number of carbonyl (C=O) groups is 1. The van der Waals surface area contributed by atoms with Gasteiger partial charge in [-0.05, 0) is 53.4 Å². The highest BCUT2D eigenvalue weighted by Crippen LogP contribution is 2.18. The van der Waals surface area contributed by atoms with Crippen LogP contribution in [0.25, 0.3) is 0 Å². The van der Waals surface area contributed by atoms with Crippen molar-refractivity contribution in [1.82, 2.24) is 15.2 Å². The molecule has 0 saturated carbocycles. The van der Waals surface area contributed by atoms with E-state index in [4.69, 9.17) is 5.84 Å². The predicted octanol–water partition coefficient (Wildman–Crippen LogP) is 0.171. The summed E-state index contributed by atoms with van der Waals surface area (Å²) >= 11 is 0. The second-order valence-corrected chi connectivity index (χ2v) is 5.16. The van der Waals surface area contributed by atoms with Gasteiger partial charge in [0.05, 0.1) is 0 Å². The number of amides is 1. The van der Waals surface area contributed by atoms with E-state index in [9.17, 15) is 4.79 Å². The van der Waals surface area contributed by atoms with Crippen LogP contribution in [0.2, 0.25) is 0 Å². The van der Waals surface area contributed by atoms with E-state index < -0.39 is 0 Å². The highest BCUT2D eigenvalue weighted by atomic mass is 16.2. The maximum absolute atomic E-state index is 11.1. The fraction of sp³-hybridized carbons (Fsp3) is 0.917. The molecule has 0 radical (unpaired) electrons. The van der Waals surface area contributed by atoms with Gasteiger partial charge in [-0.3, -0.25) is 10.2 Å². The molecule has 5 heteroatoms. The molecule has 1 amide bonds. The third kappa shape index (κ3) is 4.61. The van der Waals surface area contributed by atoms with Gasteiger partial charge in [-0.1, -0.05) is 0 Å². The van der Waals surface area contributed by atoms with Crippen molar-refractivity contribution in [2.45, 2.75) is 44.7 Å². The van der Waals surface area contributed by atoms with E-state index in [1.807, 2.05) is 0 Å². The molecule has 0 spiro atoms. The van der Waals surface area contributed by atoms with Crippen molar-refractivity contribution in [3.63, 3.8) is 0 Å². The van der Waals surface area contributed by atoms with Crippen LogP contribution in [0, 0.1) is 0 Å². The highest BCUT2D eigenvalue weighted by Gasteiger charge is 2.23. The van der Waals surface area contributed by atoms with Gasteiger partial charge in [-0.15, -0.1) is 0 Å². The lowest BCUT2D eigenvalue weighted by Crippen LogP contribution is -2.45. The summed E-state index contributed by atoms with van der Waals surface area (Å²) in [7, 11) is 4.34. The first-order valence-corrected chi connectivity index (χ1v) is 6.44. The quantitative estimate of drug-likeness (QED) is 0.410. The van der Waals surface area contributed by atoms with Crippen LogP contribution in [0.3, 0.4) is 0 Å². The minimum atomic E-state index is -0.0753. The smallest absolute Gasteiger partial charge is 0.233 e. The molecule has 0 aromatic rings. The van der Waals surface area contributed by atoms with E-state index in [1.165, 1.54) is 25.9 Å². The summed E-state index contributed by atoms with van der Waals surface area (Å²) in [4.78, 5) is 15.9. The van der Waals surface area contributed by atoms with Crippen LogP contribution >= 0.6 is 0 Å². The number of hydrogen-bond donors (Lipinski definition) is 2. The van der Waals surface area contributed by atoms with Crippen molar-refractivity contribution in [2.75, 3.05) is 27.2 Å². The van der Waals surface area contributed by atoms with Crippen molar-refractivity contribution < 1.29 is 4.79 Å². The van der Waals surface area contributed by atoms with E-state index in [0.29, 0.717) is 18.5 Å². The molecule has 100 valence electrons. The molecule has 1 saturated heterocycles. The number of nitrogens with one attached hydrogen (secondary N) is 1. The maximum Gasteiger partial charge on any atom is 0.233 e. The van der Waals surface area contributed by atoms with Crippen LogP contribution in [-0.2, 0) is 4.79 Å². The molecule has 0 bridgehead atoms. The molecule has 1 atom stereocenters. The average molecular weight is 242 g/mol. The van der Waals surface area contributed by atoms with Gasteiger partial charge >= 0.3 is 0 Å². The van der Waals surface area contributed by atoms with Crippen LogP contribution in [-0.4, -0.2) is 55.0 Å². The largest absolute Gasteiger partial charge is 0.306 e. The minimum absolute atomic E-state index is 0.0753. The van der Waals surface area contributed by atoms with Crippen molar-refractivity contribution in [3.05, 3.63) is 0 Å². The molecular weight excluding hydrogens is 216 g/mol. The molecule has 0 aliphatic carbocycles.